The first-order valence-corrected chi connectivity index (χ1v) is 11.7. The topological polar surface area (TPSA) is 61.5 Å². The number of hydrogen-bond acceptors (Lipinski definition) is 5. The molecule has 6 nitrogen and oxygen atoms in total. The third-order valence-corrected chi connectivity index (χ3v) is 7.59. The van der Waals surface area contributed by atoms with Crippen molar-refractivity contribution in [1.29, 1.82) is 0 Å². The number of aryl methyl sites for hydroxylation is 1. The van der Waals surface area contributed by atoms with Gasteiger partial charge in [0.2, 0.25) is 0 Å². The molecule has 3 aliphatic rings. The van der Waals surface area contributed by atoms with E-state index >= 15 is 0 Å². The number of fused-ring (bicyclic) bond motifs is 3. The van der Waals surface area contributed by atoms with Crippen LogP contribution in [0.2, 0.25) is 0 Å². The van der Waals surface area contributed by atoms with Gasteiger partial charge in [0, 0.05) is 55.6 Å². The summed E-state index contributed by atoms with van der Waals surface area (Å²) in [5.41, 5.74) is 6.02. The summed E-state index contributed by atoms with van der Waals surface area (Å²) in [6, 6.07) is 7.66. The molecule has 31 heavy (non-hydrogen) atoms. The van der Waals surface area contributed by atoms with Crippen molar-refractivity contribution in [2.45, 2.75) is 83.5 Å². The second-order valence-electron chi connectivity index (χ2n) is 9.82. The molecule has 3 atom stereocenters. The minimum absolute atomic E-state index is 0.214. The quantitative estimate of drug-likeness (QED) is 0.809. The van der Waals surface area contributed by atoms with E-state index in [1.165, 1.54) is 22.4 Å². The van der Waals surface area contributed by atoms with Gasteiger partial charge in [0.05, 0.1) is 6.10 Å². The Morgan fingerprint density at radius 3 is 2.61 bits per heavy atom. The highest BCUT2D eigenvalue weighted by molar-refractivity contribution is 5.60. The first kappa shape index (κ1) is 20.6. The number of rotatable bonds is 4. The summed E-state index contributed by atoms with van der Waals surface area (Å²) >= 11 is 0. The maximum Gasteiger partial charge on any atom is 0.347 e. The summed E-state index contributed by atoms with van der Waals surface area (Å²) in [5.74, 6) is 1.42. The van der Waals surface area contributed by atoms with E-state index in [0.717, 1.165) is 56.7 Å². The van der Waals surface area contributed by atoms with Crippen LogP contribution in [0.1, 0.15) is 67.8 Å². The number of benzene rings is 1. The Labute approximate surface area is 184 Å². The van der Waals surface area contributed by atoms with E-state index in [0.29, 0.717) is 24.1 Å². The molecule has 1 aromatic heterocycles. The van der Waals surface area contributed by atoms with Crippen LogP contribution in [0.25, 0.3) is 0 Å². The molecular formula is C25H34N4O2. The first-order chi connectivity index (χ1) is 14.9. The third kappa shape index (κ3) is 3.65. The average molecular weight is 423 g/mol. The SMILES string of the molecule is COC1C[C@H]2CC[C@@H](C1)N2c1nc(=O)[nH]c2c1CN(c1cc(C(C)C)ccc1C)CC2. The van der Waals surface area contributed by atoms with Crippen LogP contribution in [0.5, 0.6) is 0 Å². The largest absolute Gasteiger partial charge is 0.381 e. The van der Waals surface area contributed by atoms with Crippen LogP contribution in [-0.4, -0.2) is 41.8 Å². The number of piperidine rings is 1. The third-order valence-electron chi connectivity index (χ3n) is 7.59. The zero-order valence-corrected chi connectivity index (χ0v) is 19.1. The number of aromatic nitrogens is 2. The van der Waals surface area contributed by atoms with Crippen molar-refractivity contribution < 1.29 is 4.74 Å². The molecule has 5 rings (SSSR count). The molecule has 4 heterocycles. The van der Waals surface area contributed by atoms with Crippen molar-refractivity contribution in [3.8, 4) is 0 Å². The number of nitrogens with one attached hydrogen (secondary N) is 1. The monoisotopic (exact) mass is 422 g/mol. The zero-order valence-electron chi connectivity index (χ0n) is 19.1. The van der Waals surface area contributed by atoms with Crippen LogP contribution < -0.4 is 15.5 Å². The summed E-state index contributed by atoms with van der Waals surface area (Å²) in [4.78, 5) is 25.0. The fourth-order valence-corrected chi connectivity index (χ4v) is 5.84. The average Bonchev–Trinajstić information content (AvgIpc) is 3.02. The van der Waals surface area contributed by atoms with Crippen LogP contribution in [0.4, 0.5) is 11.5 Å². The number of ether oxygens (including phenoxy) is 1. The van der Waals surface area contributed by atoms with Crippen LogP contribution in [-0.2, 0) is 17.7 Å². The maximum absolute atomic E-state index is 12.5. The van der Waals surface area contributed by atoms with Gasteiger partial charge >= 0.3 is 5.69 Å². The standard InChI is InChI=1S/C25H34N4O2/c1-15(2)17-6-5-16(3)23(11-17)28-10-9-22-21(14-28)24(27-25(30)26-22)29-18-7-8-19(29)13-20(12-18)31-4/h5-6,11,15,18-20H,7-10,12-14H2,1-4H3,(H,26,27,30)/t18-,19+,20?. The number of aromatic amines is 1. The molecule has 0 spiro atoms. The van der Waals surface area contributed by atoms with E-state index < -0.39 is 0 Å². The van der Waals surface area contributed by atoms with Gasteiger partial charge in [-0.25, -0.2) is 4.79 Å². The lowest BCUT2D eigenvalue weighted by molar-refractivity contribution is 0.0681. The van der Waals surface area contributed by atoms with E-state index in [4.69, 9.17) is 4.74 Å². The summed E-state index contributed by atoms with van der Waals surface area (Å²) < 4.78 is 5.69. The highest BCUT2D eigenvalue weighted by Gasteiger charge is 2.43. The van der Waals surface area contributed by atoms with E-state index in [-0.39, 0.29) is 5.69 Å². The Hall–Kier alpha value is -2.34. The summed E-state index contributed by atoms with van der Waals surface area (Å²) in [6.45, 7) is 8.38. The number of methoxy groups -OCH3 is 1. The van der Waals surface area contributed by atoms with Crippen molar-refractivity contribution in [3.05, 3.63) is 51.1 Å². The second-order valence-corrected chi connectivity index (χ2v) is 9.82. The molecule has 2 bridgehead atoms. The number of H-pyrrole nitrogens is 1. The number of nitrogens with zero attached hydrogens (tertiary/aromatic N) is 3. The van der Waals surface area contributed by atoms with Gasteiger partial charge in [0.15, 0.2) is 0 Å². The van der Waals surface area contributed by atoms with Gasteiger partial charge in [-0.15, -0.1) is 0 Å². The number of anilines is 2. The molecule has 1 N–H and O–H groups in total. The Morgan fingerprint density at radius 1 is 1.19 bits per heavy atom. The minimum Gasteiger partial charge on any atom is -0.381 e. The molecule has 0 saturated carbocycles. The zero-order chi connectivity index (χ0) is 21.7. The van der Waals surface area contributed by atoms with Crippen molar-refractivity contribution in [1.82, 2.24) is 9.97 Å². The molecule has 0 radical (unpaired) electrons. The molecule has 0 amide bonds. The van der Waals surface area contributed by atoms with E-state index in [2.05, 4.69) is 58.7 Å². The van der Waals surface area contributed by atoms with Gasteiger partial charge in [0.25, 0.3) is 0 Å². The van der Waals surface area contributed by atoms with Gasteiger partial charge in [-0.2, -0.15) is 4.98 Å². The second kappa shape index (κ2) is 7.97. The molecule has 166 valence electrons. The fraction of sp³-hybridized carbons (Fsp3) is 0.600. The van der Waals surface area contributed by atoms with E-state index in [9.17, 15) is 4.79 Å². The lowest BCUT2D eigenvalue weighted by atomic mass is 9.96. The van der Waals surface area contributed by atoms with Crippen molar-refractivity contribution in [2.24, 2.45) is 0 Å². The van der Waals surface area contributed by atoms with Crippen molar-refractivity contribution in [2.75, 3.05) is 23.5 Å². The van der Waals surface area contributed by atoms with Crippen LogP contribution >= 0.6 is 0 Å². The molecule has 2 aromatic rings. The van der Waals surface area contributed by atoms with E-state index in [1.807, 2.05) is 7.11 Å². The Morgan fingerprint density at radius 2 is 1.94 bits per heavy atom. The lowest BCUT2D eigenvalue weighted by Crippen LogP contribution is -2.47. The van der Waals surface area contributed by atoms with E-state index in [1.54, 1.807) is 0 Å². The number of hydrogen-bond donors (Lipinski definition) is 1. The smallest absolute Gasteiger partial charge is 0.347 e. The van der Waals surface area contributed by atoms with Gasteiger partial charge in [-0.05, 0) is 55.7 Å². The molecule has 1 aromatic carbocycles. The Balaban J connectivity index is 1.51. The van der Waals surface area contributed by atoms with Gasteiger partial charge < -0.3 is 19.5 Å². The van der Waals surface area contributed by atoms with Gasteiger partial charge in [-0.1, -0.05) is 26.0 Å². The molecule has 3 aliphatic heterocycles. The Kier molecular flexibility index (Phi) is 5.29. The highest BCUT2D eigenvalue weighted by atomic mass is 16.5. The molecule has 2 saturated heterocycles. The van der Waals surface area contributed by atoms with Crippen LogP contribution in [0.3, 0.4) is 0 Å². The highest BCUT2D eigenvalue weighted by Crippen LogP contribution is 2.42. The predicted octanol–water partition coefficient (Wildman–Crippen LogP) is 3.91. The van der Waals surface area contributed by atoms with Crippen LogP contribution in [0, 0.1) is 6.92 Å². The molecule has 2 fully saturated rings. The fourth-order valence-electron chi connectivity index (χ4n) is 5.84. The maximum atomic E-state index is 12.5. The normalized spacial score (nSPS) is 25.3. The predicted molar refractivity (Wildman–Crippen MR) is 124 cm³/mol. The minimum atomic E-state index is -0.214. The summed E-state index contributed by atoms with van der Waals surface area (Å²) in [6.07, 6.45) is 5.53. The van der Waals surface area contributed by atoms with Crippen molar-refractivity contribution >= 4 is 11.5 Å². The first-order valence-electron chi connectivity index (χ1n) is 11.7. The summed E-state index contributed by atoms with van der Waals surface area (Å²) in [7, 11) is 1.82. The lowest BCUT2D eigenvalue weighted by Gasteiger charge is -2.41. The molecule has 0 aliphatic carbocycles. The van der Waals surface area contributed by atoms with Gasteiger partial charge in [-0.3, -0.25) is 0 Å². The molecule has 6 heteroatoms. The summed E-state index contributed by atoms with van der Waals surface area (Å²) in [5, 5.41) is 0. The van der Waals surface area contributed by atoms with Crippen LogP contribution in [0.15, 0.2) is 23.0 Å². The molecule has 1 unspecified atom stereocenters. The van der Waals surface area contributed by atoms with Gasteiger partial charge in [0.1, 0.15) is 5.82 Å². The Bertz CT molecular complexity index is 1020. The van der Waals surface area contributed by atoms with Crippen molar-refractivity contribution in [3.63, 3.8) is 0 Å². The molecular weight excluding hydrogens is 388 g/mol.